The van der Waals surface area contributed by atoms with Gasteiger partial charge in [-0.15, -0.1) is 0 Å². The highest BCUT2D eigenvalue weighted by molar-refractivity contribution is 9.10. The Kier molecular flexibility index (Phi) is 4.46. The number of para-hydroxylation sites is 1. The zero-order valence-electron chi connectivity index (χ0n) is 12.4. The molecule has 0 aliphatic carbocycles. The van der Waals surface area contributed by atoms with Crippen molar-refractivity contribution in [1.29, 1.82) is 0 Å². The van der Waals surface area contributed by atoms with Crippen LogP contribution in [0.4, 0.5) is 5.69 Å². The van der Waals surface area contributed by atoms with Crippen LogP contribution < -0.4 is 10.2 Å². The number of benzene rings is 1. The van der Waals surface area contributed by atoms with Gasteiger partial charge in [0.05, 0.1) is 23.1 Å². The first-order chi connectivity index (χ1) is 10.9. The van der Waals surface area contributed by atoms with Gasteiger partial charge < -0.3 is 10.2 Å². The van der Waals surface area contributed by atoms with E-state index >= 15 is 0 Å². The first-order valence-electron chi connectivity index (χ1n) is 7.41. The molecule has 2 aliphatic heterocycles. The second kappa shape index (κ2) is 6.24. The fourth-order valence-electron chi connectivity index (χ4n) is 3.01. The Bertz CT molecular complexity index is 750. The van der Waals surface area contributed by atoms with Gasteiger partial charge in [-0.2, -0.15) is 0 Å². The van der Waals surface area contributed by atoms with Crippen molar-refractivity contribution < 1.29 is 18.0 Å². The number of nitrogens with one attached hydrogen (secondary N) is 1. The Morgan fingerprint density at radius 3 is 2.70 bits per heavy atom. The molecule has 0 aromatic heterocycles. The maximum Gasteiger partial charge on any atom is 0.227 e. The number of amides is 2. The average Bonchev–Trinajstić information content (AvgIpc) is 3.02. The summed E-state index contributed by atoms with van der Waals surface area (Å²) in [7, 11) is -3.03. The van der Waals surface area contributed by atoms with Gasteiger partial charge in [-0.05, 0) is 34.5 Å². The maximum absolute atomic E-state index is 12.3. The van der Waals surface area contributed by atoms with Gasteiger partial charge in [0.2, 0.25) is 11.8 Å². The number of halogens is 1. The van der Waals surface area contributed by atoms with Crippen LogP contribution >= 0.6 is 15.9 Å². The number of rotatable bonds is 3. The molecule has 2 heterocycles. The van der Waals surface area contributed by atoms with E-state index in [-0.39, 0.29) is 35.8 Å². The van der Waals surface area contributed by atoms with Crippen molar-refractivity contribution in [3.8, 4) is 0 Å². The van der Waals surface area contributed by atoms with E-state index in [0.29, 0.717) is 13.0 Å². The van der Waals surface area contributed by atoms with E-state index < -0.39 is 15.8 Å². The summed E-state index contributed by atoms with van der Waals surface area (Å²) in [6.07, 6.45) is 0.593. The van der Waals surface area contributed by atoms with E-state index in [9.17, 15) is 18.0 Å². The molecule has 3 rings (SSSR count). The number of hydrogen-bond acceptors (Lipinski definition) is 4. The number of anilines is 1. The quantitative estimate of drug-likeness (QED) is 0.823. The van der Waals surface area contributed by atoms with Gasteiger partial charge in [-0.25, -0.2) is 8.42 Å². The summed E-state index contributed by atoms with van der Waals surface area (Å²) >= 11 is 3.41. The number of nitrogens with zero attached hydrogens (tertiary/aromatic N) is 1. The molecule has 2 amide bonds. The molecule has 2 atom stereocenters. The summed E-state index contributed by atoms with van der Waals surface area (Å²) in [5.41, 5.74) is 0.747. The minimum absolute atomic E-state index is 0.00659. The Balaban J connectivity index is 1.66. The van der Waals surface area contributed by atoms with Crippen LogP contribution in [0.1, 0.15) is 12.8 Å². The van der Waals surface area contributed by atoms with Crippen molar-refractivity contribution in [3.63, 3.8) is 0 Å². The van der Waals surface area contributed by atoms with Crippen molar-refractivity contribution in [2.45, 2.75) is 18.9 Å². The lowest BCUT2D eigenvalue weighted by Crippen LogP contribution is -2.40. The number of carbonyl (C=O) groups excluding carboxylic acids is 2. The predicted molar refractivity (Wildman–Crippen MR) is 89.8 cm³/mol. The van der Waals surface area contributed by atoms with Gasteiger partial charge in [0.15, 0.2) is 9.84 Å². The van der Waals surface area contributed by atoms with Crippen LogP contribution in [0.25, 0.3) is 0 Å². The first-order valence-corrected chi connectivity index (χ1v) is 10.0. The van der Waals surface area contributed by atoms with Crippen LogP contribution in [0.2, 0.25) is 0 Å². The monoisotopic (exact) mass is 400 g/mol. The standard InChI is InChI=1S/C15H17BrN2O4S/c16-12-3-1-2-4-13(12)18-8-10(7-14(18)19)15(20)17-11-5-6-23(21,22)9-11/h1-4,10-11H,5-9H2,(H,17,20). The summed E-state index contributed by atoms with van der Waals surface area (Å²) in [4.78, 5) is 26.1. The molecule has 2 unspecified atom stereocenters. The third-order valence-electron chi connectivity index (χ3n) is 4.22. The van der Waals surface area contributed by atoms with Crippen molar-refractivity contribution >= 4 is 43.3 Å². The smallest absolute Gasteiger partial charge is 0.227 e. The molecule has 23 heavy (non-hydrogen) atoms. The molecule has 2 saturated heterocycles. The van der Waals surface area contributed by atoms with E-state index in [1.54, 1.807) is 4.90 Å². The molecule has 1 aromatic rings. The van der Waals surface area contributed by atoms with Crippen LogP contribution in [-0.2, 0) is 19.4 Å². The SMILES string of the molecule is O=C(NC1CCS(=O)(=O)C1)C1CC(=O)N(c2ccccc2Br)C1. The van der Waals surface area contributed by atoms with Crippen molar-refractivity contribution in [2.75, 3.05) is 23.0 Å². The zero-order chi connectivity index (χ0) is 16.6. The normalized spacial score (nSPS) is 26.5. The Hall–Kier alpha value is -1.41. The minimum atomic E-state index is -3.03. The topological polar surface area (TPSA) is 83.5 Å². The lowest BCUT2D eigenvalue weighted by atomic mass is 10.1. The molecule has 0 saturated carbocycles. The molecule has 1 N–H and O–H groups in total. The van der Waals surface area contributed by atoms with Gasteiger partial charge in [0, 0.05) is 23.5 Å². The van der Waals surface area contributed by atoms with E-state index in [4.69, 9.17) is 0 Å². The molecule has 0 bridgehead atoms. The highest BCUT2D eigenvalue weighted by Gasteiger charge is 2.37. The third-order valence-corrected chi connectivity index (χ3v) is 6.66. The van der Waals surface area contributed by atoms with Gasteiger partial charge in [-0.3, -0.25) is 9.59 Å². The largest absolute Gasteiger partial charge is 0.352 e. The fourth-order valence-corrected chi connectivity index (χ4v) is 5.19. The van der Waals surface area contributed by atoms with Crippen LogP contribution in [0.15, 0.2) is 28.7 Å². The molecule has 2 aliphatic rings. The van der Waals surface area contributed by atoms with Gasteiger partial charge in [0.25, 0.3) is 0 Å². The van der Waals surface area contributed by atoms with Crippen LogP contribution in [0.5, 0.6) is 0 Å². The van der Waals surface area contributed by atoms with E-state index in [2.05, 4.69) is 21.2 Å². The van der Waals surface area contributed by atoms with E-state index in [1.807, 2.05) is 24.3 Å². The molecule has 0 radical (unpaired) electrons. The molecule has 6 nitrogen and oxygen atoms in total. The minimum Gasteiger partial charge on any atom is -0.352 e. The van der Waals surface area contributed by atoms with E-state index in [1.165, 1.54) is 0 Å². The molecule has 0 spiro atoms. The maximum atomic E-state index is 12.3. The summed E-state index contributed by atoms with van der Waals surface area (Å²) in [6.45, 7) is 0.312. The van der Waals surface area contributed by atoms with Crippen molar-refractivity contribution in [2.24, 2.45) is 5.92 Å². The third kappa shape index (κ3) is 3.58. The highest BCUT2D eigenvalue weighted by atomic mass is 79.9. The van der Waals surface area contributed by atoms with Gasteiger partial charge in [0.1, 0.15) is 0 Å². The molecular formula is C15H17BrN2O4S. The van der Waals surface area contributed by atoms with Crippen LogP contribution in [-0.4, -0.2) is 44.3 Å². The predicted octanol–water partition coefficient (Wildman–Crippen LogP) is 1.11. The molecule has 124 valence electrons. The lowest BCUT2D eigenvalue weighted by molar-refractivity contribution is -0.126. The van der Waals surface area contributed by atoms with Gasteiger partial charge >= 0.3 is 0 Å². The number of sulfone groups is 1. The molecule has 2 fully saturated rings. The fraction of sp³-hybridized carbons (Fsp3) is 0.467. The molecule has 1 aromatic carbocycles. The molecule has 8 heteroatoms. The summed E-state index contributed by atoms with van der Waals surface area (Å²) < 4.78 is 23.7. The lowest BCUT2D eigenvalue weighted by Gasteiger charge is -2.19. The van der Waals surface area contributed by atoms with Crippen LogP contribution in [0, 0.1) is 5.92 Å². The first kappa shape index (κ1) is 16.4. The Labute approximate surface area is 143 Å². The highest BCUT2D eigenvalue weighted by Crippen LogP contribution is 2.31. The summed E-state index contributed by atoms with van der Waals surface area (Å²) in [5, 5.41) is 2.77. The number of hydrogen-bond donors (Lipinski definition) is 1. The van der Waals surface area contributed by atoms with E-state index in [0.717, 1.165) is 10.2 Å². The van der Waals surface area contributed by atoms with Crippen molar-refractivity contribution in [1.82, 2.24) is 5.32 Å². The van der Waals surface area contributed by atoms with Gasteiger partial charge in [-0.1, -0.05) is 12.1 Å². The second-order valence-corrected chi connectivity index (χ2v) is 9.05. The number of carbonyl (C=O) groups is 2. The molecular weight excluding hydrogens is 384 g/mol. The Morgan fingerprint density at radius 1 is 1.30 bits per heavy atom. The second-order valence-electron chi connectivity index (χ2n) is 5.97. The summed E-state index contributed by atoms with van der Waals surface area (Å²) in [6, 6.07) is 7.04. The average molecular weight is 401 g/mol. The van der Waals surface area contributed by atoms with Crippen molar-refractivity contribution in [3.05, 3.63) is 28.7 Å². The summed E-state index contributed by atoms with van der Waals surface area (Å²) in [5.74, 6) is -0.679. The zero-order valence-corrected chi connectivity index (χ0v) is 14.8. The van der Waals surface area contributed by atoms with Crippen LogP contribution in [0.3, 0.4) is 0 Å². The Morgan fingerprint density at radius 2 is 2.04 bits per heavy atom.